The van der Waals surface area contributed by atoms with E-state index in [0.29, 0.717) is 5.75 Å². The molecule has 0 fully saturated rings. The van der Waals surface area contributed by atoms with E-state index in [9.17, 15) is 4.79 Å². The lowest BCUT2D eigenvalue weighted by Crippen LogP contribution is -2.14. The van der Waals surface area contributed by atoms with Crippen LogP contribution in [0.4, 0.5) is 5.69 Å². The predicted octanol–water partition coefficient (Wildman–Crippen LogP) is 5.11. The maximum absolute atomic E-state index is 12.2. The molecule has 3 rings (SSSR count). The molecule has 0 aliphatic rings. The van der Waals surface area contributed by atoms with Gasteiger partial charge in [-0.1, -0.05) is 35.5 Å². The van der Waals surface area contributed by atoms with Gasteiger partial charge in [-0.05, 0) is 74.7 Å². The zero-order valence-electron chi connectivity index (χ0n) is 16.0. The smallest absolute Gasteiger partial charge is 0.234 e. The van der Waals surface area contributed by atoms with Crippen molar-refractivity contribution in [2.45, 2.75) is 32.7 Å². The second-order valence-electron chi connectivity index (χ2n) is 6.79. The number of benzene rings is 2. The van der Waals surface area contributed by atoms with Gasteiger partial charge in [0.25, 0.3) is 0 Å². The zero-order chi connectivity index (χ0) is 19.4. The van der Waals surface area contributed by atoms with Crippen LogP contribution in [0.2, 0.25) is 0 Å². The van der Waals surface area contributed by atoms with E-state index < -0.39 is 0 Å². The Balaban J connectivity index is 1.61. The Labute approximate surface area is 164 Å². The SMILES string of the molecule is Cc1cc(C)cc(NC(=O)CSc2ccc(-c3cc(C)ccc3C)nn2)c1. The molecule has 0 unspecified atom stereocenters. The Morgan fingerprint density at radius 2 is 1.63 bits per heavy atom. The van der Waals surface area contributed by atoms with Crippen LogP contribution in [0.5, 0.6) is 0 Å². The number of thioether (sulfide) groups is 1. The molecule has 0 aliphatic carbocycles. The first-order valence-electron chi connectivity index (χ1n) is 8.83. The van der Waals surface area contributed by atoms with Crippen molar-refractivity contribution in [1.29, 1.82) is 0 Å². The molecule has 1 N–H and O–H groups in total. The molecule has 5 heteroatoms. The summed E-state index contributed by atoms with van der Waals surface area (Å²) in [6, 6.07) is 16.2. The van der Waals surface area contributed by atoms with Crippen LogP contribution >= 0.6 is 11.8 Å². The normalized spacial score (nSPS) is 10.7. The number of hydrogen-bond acceptors (Lipinski definition) is 4. The highest BCUT2D eigenvalue weighted by atomic mass is 32.2. The fourth-order valence-electron chi connectivity index (χ4n) is 2.94. The average molecular weight is 378 g/mol. The molecule has 1 heterocycles. The Morgan fingerprint density at radius 1 is 0.889 bits per heavy atom. The van der Waals surface area contributed by atoms with Crippen LogP contribution in [0.3, 0.4) is 0 Å². The van der Waals surface area contributed by atoms with Gasteiger partial charge in [0.1, 0.15) is 5.03 Å². The van der Waals surface area contributed by atoms with Crippen LogP contribution in [0.25, 0.3) is 11.3 Å². The van der Waals surface area contributed by atoms with Gasteiger partial charge in [0.2, 0.25) is 5.91 Å². The fourth-order valence-corrected chi connectivity index (χ4v) is 3.55. The lowest BCUT2D eigenvalue weighted by molar-refractivity contribution is -0.113. The third-order valence-corrected chi connectivity index (χ3v) is 5.09. The number of nitrogens with one attached hydrogen (secondary N) is 1. The first-order valence-corrected chi connectivity index (χ1v) is 9.81. The quantitative estimate of drug-likeness (QED) is 0.628. The maximum Gasteiger partial charge on any atom is 0.234 e. The first-order chi connectivity index (χ1) is 12.9. The highest BCUT2D eigenvalue weighted by Crippen LogP contribution is 2.24. The van der Waals surface area contributed by atoms with Gasteiger partial charge in [-0.15, -0.1) is 10.2 Å². The molecular weight excluding hydrogens is 354 g/mol. The molecule has 0 atom stereocenters. The highest BCUT2D eigenvalue weighted by molar-refractivity contribution is 7.99. The monoisotopic (exact) mass is 377 g/mol. The Bertz CT molecular complexity index is 948. The van der Waals surface area contributed by atoms with Gasteiger partial charge < -0.3 is 5.32 Å². The van der Waals surface area contributed by atoms with E-state index in [2.05, 4.69) is 53.6 Å². The molecule has 0 bridgehead atoms. The number of anilines is 1. The number of carbonyl (C=O) groups excluding carboxylic acids is 1. The molecule has 1 amide bonds. The summed E-state index contributed by atoms with van der Waals surface area (Å²) in [4.78, 5) is 12.2. The van der Waals surface area contributed by atoms with Crippen molar-refractivity contribution in [1.82, 2.24) is 10.2 Å². The van der Waals surface area contributed by atoms with Crippen molar-refractivity contribution in [2.24, 2.45) is 0 Å². The Kier molecular flexibility index (Phi) is 5.91. The fraction of sp³-hybridized carbons (Fsp3) is 0.227. The second-order valence-corrected chi connectivity index (χ2v) is 7.78. The number of nitrogens with zero attached hydrogens (tertiary/aromatic N) is 2. The van der Waals surface area contributed by atoms with E-state index in [1.807, 2.05) is 38.1 Å². The minimum Gasteiger partial charge on any atom is -0.325 e. The molecular formula is C22H23N3OS. The highest BCUT2D eigenvalue weighted by Gasteiger charge is 2.08. The summed E-state index contributed by atoms with van der Waals surface area (Å²) < 4.78 is 0. The van der Waals surface area contributed by atoms with E-state index in [1.165, 1.54) is 22.9 Å². The van der Waals surface area contributed by atoms with Gasteiger partial charge in [0, 0.05) is 11.3 Å². The van der Waals surface area contributed by atoms with Gasteiger partial charge in [-0.3, -0.25) is 4.79 Å². The van der Waals surface area contributed by atoms with Crippen LogP contribution in [0.1, 0.15) is 22.3 Å². The van der Waals surface area contributed by atoms with Crippen molar-refractivity contribution in [3.63, 3.8) is 0 Å². The topological polar surface area (TPSA) is 54.9 Å². The average Bonchev–Trinajstić information content (AvgIpc) is 2.62. The lowest BCUT2D eigenvalue weighted by Gasteiger charge is -2.08. The van der Waals surface area contributed by atoms with Crippen molar-refractivity contribution < 1.29 is 4.79 Å². The molecule has 2 aromatic carbocycles. The van der Waals surface area contributed by atoms with Gasteiger partial charge in [-0.25, -0.2) is 0 Å². The van der Waals surface area contributed by atoms with Crippen molar-refractivity contribution in [3.8, 4) is 11.3 Å². The summed E-state index contributed by atoms with van der Waals surface area (Å²) in [5.74, 6) is 0.246. The third-order valence-electron chi connectivity index (χ3n) is 4.17. The molecule has 0 spiro atoms. The molecule has 0 aliphatic heterocycles. The summed E-state index contributed by atoms with van der Waals surface area (Å²) in [5.41, 5.74) is 7.39. The van der Waals surface area contributed by atoms with Crippen LogP contribution in [0.15, 0.2) is 53.6 Å². The van der Waals surface area contributed by atoms with E-state index in [4.69, 9.17) is 0 Å². The number of aromatic nitrogens is 2. The third kappa shape index (κ3) is 5.17. The van der Waals surface area contributed by atoms with Crippen molar-refractivity contribution in [3.05, 3.63) is 70.8 Å². The van der Waals surface area contributed by atoms with Crippen molar-refractivity contribution >= 4 is 23.4 Å². The Morgan fingerprint density at radius 3 is 2.30 bits per heavy atom. The number of rotatable bonds is 5. The molecule has 27 heavy (non-hydrogen) atoms. The number of amides is 1. The van der Waals surface area contributed by atoms with Gasteiger partial charge in [-0.2, -0.15) is 0 Å². The van der Waals surface area contributed by atoms with E-state index in [0.717, 1.165) is 33.1 Å². The molecule has 3 aromatic rings. The lowest BCUT2D eigenvalue weighted by atomic mass is 10.0. The molecule has 0 radical (unpaired) electrons. The number of aryl methyl sites for hydroxylation is 4. The standard InChI is InChI=1S/C22H23N3OS/c1-14-5-6-17(4)19(12-14)20-7-8-22(25-24-20)27-13-21(26)23-18-10-15(2)9-16(3)11-18/h5-12H,13H2,1-4H3,(H,23,26). The molecule has 0 saturated heterocycles. The van der Waals surface area contributed by atoms with Gasteiger partial charge in [0.05, 0.1) is 11.4 Å². The zero-order valence-corrected chi connectivity index (χ0v) is 16.9. The molecule has 1 aromatic heterocycles. The Hall–Kier alpha value is -2.66. The summed E-state index contributed by atoms with van der Waals surface area (Å²) in [7, 11) is 0. The van der Waals surface area contributed by atoms with Crippen LogP contribution < -0.4 is 5.32 Å². The number of hydrogen-bond donors (Lipinski definition) is 1. The van der Waals surface area contributed by atoms with E-state index in [1.54, 1.807) is 0 Å². The largest absolute Gasteiger partial charge is 0.325 e. The minimum absolute atomic E-state index is 0.0506. The van der Waals surface area contributed by atoms with E-state index >= 15 is 0 Å². The van der Waals surface area contributed by atoms with Gasteiger partial charge >= 0.3 is 0 Å². The minimum atomic E-state index is -0.0506. The van der Waals surface area contributed by atoms with Crippen molar-refractivity contribution in [2.75, 3.05) is 11.1 Å². The summed E-state index contributed by atoms with van der Waals surface area (Å²) >= 11 is 1.38. The van der Waals surface area contributed by atoms with Gasteiger partial charge in [0.15, 0.2) is 0 Å². The van der Waals surface area contributed by atoms with Crippen LogP contribution in [0, 0.1) is 27.7 Å². The maximum atomic E-state index is 12.2. The van der Waals surface area contributed by atoms with E-state index in [-0.39, 0.29) is 5.91 Å². The summed E-state index contributed by atoms with van der Waals surface area (Å²) in [5, 5.41) is 12.3. The summed E-state index contributed by atoms with van der Waals surface area (Å²) in [6.45, 7) is 8.17. The first kappa shape index (κ1) is 19.1. The van der Waals surface area contributed by atoms with Crippen LogP contribution in [-0.2, 0) is 4.79 Å². The molecule has 4 nitrogen and oxygen atoms in total. The second kappa shape index (κ2) is 8.35. The molecule has 138 valence electrons. The predicted molar refractivity (Wildman–Crippen MR) is 112 cm³/mol. The summed E-state index contributed by atoms with van der Waals surface area (Å²) in [6.07, 6.45) is 0. The molecule has 0 saturated carbocycles. The van der Waals surface area contributed by atoms with Crippen LogP contribution in [-0.4, -0.2) is 21.9 Å². The number of carbonyl (C=O) groups is 1.